The monoisotopic (exact) mass is 337 g/mol. The number of halogens is 3. The summed E-state index contributed by atoms with van der Waals surface area (Å²) in [5.74, 6) is -0.350. The zero-order chi connectivity index (χ0) is 18.3. The molecule has 1 aromatic heterocycles. The van der Waals surface area contributed by atoms with Gasteiger partial charge < -0.3 is 4.57 Å². The highest BCUT2D eigenvalue weighted by molar-refractivity contribution is 6.00. The third kappa shape index (κ3) is 3.58. The summed E-state index contributed by atoms with van der Waals surface area (Å²) in [6.45, 7) is 5.06. The Morgan fingerprint density at radius 3 is 2.25 bits per heavy atom. The molecule has 0 N–H and O–H groups in total. The summed E-state index contributed by atoms with van der Waals surface area (Å²) < 4.78 is 40.2. The lowest BCUT2D eigenvalue weighted by molar-refractivity contribution is -0.137. The molecule has 0 aliphatic carbocycles. The van der Waals surface area contributed by atoms with E-state index in [1.165, 1.54) is 29.1 Å². The number of hydrogen-bond donors (Lipinski definition) is 0. The third-order valence-electron chi connectivity index (χ3n) is 3.58. The lowest BCUT2D eigenvalue weighted by Gasteiger charge is -2.17. The predicted octanol–water partition coefficient (Wildman–Crippen LogP) is 4.30. The molecule has 2 aromatic rings. The molecule has 0 unspecified atom stereocenters. The van der Waals surface area contributed by atoms with Gasteiger partial charge in [-0.25, -0.2) is 0 Å². The first kappa shape index (κ1) is 18.0. The van der Waals surface area contributed by atoms with Gasteiger partial charge >= 0.3 is 6.18 Å². The number of aryl methyl sites for hydroxylation is 1. The maximum atomic E-state index is 12.9. The molecule has 6 heteroatoms. The average Bonchev–Trinajstić information content (AvgIpc) is 2.47. The highest BCUT2D eigenvalue weighted by atomic mass is 19.4. The molecule has 1 aromatic carbocycles. The van der Waals surface area contributed by atoms with Crippen molar-refractivity contribution in [1.29, 1.82) is 0 Å². The van der Waals surface area contributed by atoms with Gasteiger partial charge in [-0.3, -0.25) is 9.59 Å². The summed E-state index contributed by atoms with van der Waals surface area (Å²) in [6, 6.07) is 4.54. The largest absolute Gasteiger partial charge is 0.416 e. The van der Waals surface area contributed by atoms with Gasteiger partial charge in [0.2, 0.25) is 0 Å². The number of alkyl halides is 3. The summed E-state index contributed by atoms with van der Waals surface area (Å²) in [7, 11) is 1.62. The molecular weight excluding hydrogens is 319 g/mol. The SMILES string of the molecule is Cn1cc(C(=O)C(C)(C)C)c(=O)c(-c2cccc(C(F)(F)F)c2)c1. The Hall–Kier alpha value is -2.37. The third-order valence-corrected chi connectivity index (χ3v) is 3.58. The lowest BCUT2D eigenvalue weighted by atomic mass is 9.86. The first-order chi connectivity index (χ1) is 10.9. The Kier molecular flexibility index (Phi) is 4.44. The fourth-order valence-corrected chi connectivity index (χ4v) is 2.34. The van der Waals surface area contributed by atoms with Crippen molar-refractivity contribution >= 4 is 5.78 Å². The van der Waals surface area contributed by atoms with E-state index in [0.717, 1.165) is 12.1 Å². The van der Waals surface area contributed by atoms with Gasteiger partial charge in [0.05, 0.1) is 11.1 Å². The van der Waals surface area contributed by atoms with Crippen molar-refractivity contribution in [3.05, 3.63) is 58.0 Å². The van der Waals surface area contributed by atoms with Crippen LogP contribution in [0.4, 0.5) is 13.2 Å². The van der Waals surface area contributed by atoms with Gasteiger partial charge in [-0.05, 0) is 17.7 Å². The van der Waals surface area contributed by atoms with Crippen molar-refractivity contribution in [2.75, 3.05) is 0 Å². The van der Waals surface area contributed by atoms with Crippen LogP contribution >= 0.6 is 0 Å². The molecule has 2 rings (SSSR count). The van der Waals surface area contributed by atoms with E-state index in [0.29, 0.717) is 0 Å². The van der Waals surface area contributed by atoms with Crippen LogP contribution in [0.1, 0.15) is 36.7 Å². The van der Waals surface area contributed by atoms with Crippen LogP contribution in [0.3, 0.4) is 0 Å². The number of ketones is 1. The molecule has 0 amide bonds. The minimum absolute atomic E-state index is 0.0279. The van der Waals surface area contributed by atoms with Crippen LogP contribution < -0.4 is 5.43 Å². The molecule has 0 aliphatic heterocycles. The highest BCUT2D eigenvalue weighted by Gasteiger charge is 2.31. The number of aromatic nitrogens is 1. The van der Waals surface area contributed by atoms with Crippen molar-refractivity contribution in [3.8, 4) is 11.1 Å². The van der Waals surface area contributed by atoms with Crippen molar-refractivity contribution in [1.82, 2.24) is 4.57 Å². The average molecular weight is 337 g/mol. The molecule has 0 fully saturated rings. The van der Waals surface area contributed by atoms with Gasteiger partial charge in [-0.15, -0.1) is 0 Å². The molecule has 0 saturated heterocycles. The van der Waals surface area contributed by atoms with Crippen molar-refractivity contribution < 1.29 is 18.0 Å². The Balaban J connectivity index is 2.67. The topological polar surface area (TPSA) is 39.1 Å². The maximum absolute atomic E-state index is 12.9. The lowest BCUT2D eigenvalue weighted by Crippen LogP contribution is -2.28. The van der Waals surface area contributed by atoms with E-state index in [1.807, 2.05) is 0 Å². The van der Waals surface area contributed by atoms with E-state index in [1.54, 1.807) is 27.8 Å². The molecular formula is C18H18F3NO2. The number of nitrogens with zero attached hydrogens (tertiary/aromatic N) is 1. The van der Waals surface area contributed by atoms with Gasteiger partial charge in [0.25, 0.3) is 0 Å². The quantitative estimate of drug-likeness (QED) is 0.767. The van der Waals surface area contributed by atoms with Crippen LogP contribution in [0.25, 0.3) is 11.1 Å². The highest BCUT2D eigenvalue weighted by Crippen LogP contribution is 2.31. The second-order valence-corrected chi connectivity index (χ2v) is 6.74. The fourth-order valence-electron chi connectivity index (χ4n) is 2.34. The number of benzene rings is 1. The number of Topliss-reactive ketones (excluding diaryl/α,β-unsaturated/α-hetero) is 1. The number of carbonyl (C=O) groups is 1. The van der Waals surface area contributed by atoms with Crippen LogP contribution in [-0.2, 0) is 13.2 Å². The van der Waals surface area contributed by atoms with Crippen LogP contribution in [-0.4, -0.2) is 10.4 Å². The first-order valence-corrected chi connectivity index (χ1v) is 7.34. The number of hydrogen-bond acceptors (Lipinski definition) is 2. The van der Waals surface area contributed by atoms with E-state index in [2.05, 4.69) is 0 Å². The number of rotatable bonds is 2. The normalized spacial score (nSPS) is 12.3. The molecule has 1 heterocycles. The maximum Gasteiger partial charge on any atom is 0.416 e. The molecule has 24 heavy (non-hydrogen) atoms. The molecule has 0 radical (unpaired) electrons. The standard InChI is InChI=1S/C18H18F3NO2/c1-17(2,3)16(24)14-10-22(4)9-13(15(14)23)11-6-5-7-12(8-11)18(19,20)21/h5-10H,1-4H3. The van der Waals surface area contributed by atoms with Gasteiger partial charge in [-0.1, -0.05) is 32.9 Å². The Morgan fingerprint density at radius 1 is 1.08 bits per heavy atom. The molecule has 3 nitrogen and oxygen atoms in total. The van der Waals surface area contributed by atoms with Crippen LogP contribution in [0.2, 0.25) is 0 Å². The molecule has 0 spiro atoms. The van der Waals surface area contributed by atoms with Crippen molar-refractivity contribution in [3.63, 3.8) is 0 Å². The minimum Gasteiger partial charge on any atom is -0.356 e. The van der Waals surface area contributed by atoms with E-state index in [9.17, 15) is 22.8 Å². The zero-order valence-corrected chi connectivity index (χ0v) is 13.9. The van der Waals surface area contributed by atoms with Gasteiger partial charge in [0.15, 0.2) is 11.2 Å². The molecule has 0 bridgehead atoms. The van der Waals surface area contributed by atoms with Gasteiger partial charge in [-0.2, -0.15) is 13.2 Å². The second-order valence-electron chi connectivity index (χ2n) is 6.74. The summed E-state index contributed by atoms with van der Waals surface area (Å²) in [6.07, 6.45) is -1.66. The van der Waals surface area contributed by atoms with E-state index >= 15 is 0 Å². The predicted molar refractivity (Wildman–Crippen MR) is 85.9 cm³/mol. The van der Waals surface area contributed by atoms with Gasteiger partial charge in [0, 0.05) is 30.4 Å². The van der Waals surface area contributed by atoms with E-state index in [4.69, 9.17) is 0 Å². The molecule has 0 atom stereocenters. The summed E-state index contributed by atoms with van der Waals surface area (Å²) in [5, 5.41) is 0. The van der Waals surface area contributed by atoms with Crippen molar-refractivity contribution in [2.24, 2.45) is 12.5 Å². The Bertz CT molecular complexity index is 843. The smallest absolute Gasteiger partial charge is 0.356 e. The number of pyridine rings is 1. The Morgan fingerprint density at radius 2 is 1.71 bits per heavy atom. The summed E-state index contributed by atoms with van der Waals surface area (Å²) in [4.78, 5) is 25.1. The summed E-state index contributed by atoms with van der Waals surface area (Å²) in [5.41, 5.74) is -1.99. The van der Waals surface area contributed by atoms with Gasteiger partial charge in [0.1, 0.15) is 0 Å². The van der Waals surface area contributed by atoms with E-state index in [-0.39, 0.29) is 22.5 Å². The molecule has 0 aliphatic rings. The van der Waals surface area contributed by atoms with E-state index < -0.39 is 22.6 Å². The number of carbonyl (C=O) groups excluding carboxylic acids is 1. The van der Waals surface area contributed by atoms with Crippen LogP contribution in [0.5, 0.6) is 0 Å². The minimum atomic E-state index is -4.50. The van der Waals surface area contributed by atoms with Crippen LogP contribution in [0.15, 0.2) is 41.5 Å². The summed E-state index contributed by atoms with van der Waals surface area (Å²) >= 11 is 0. The Labute approximate surface area is 137 Å². The first-order valence-electron chi connectivity index (χ1n) is 7.34. The van der Waals surface area contributed by atoms with Crippen LogP contribution in [0, 0.1) is 5.41 Å². The zero-order valence-electron chi connectivity index (χ0n) is 13.9. The van der Waals surface area contributed by atoms with Crippen molar-refractivity contribution in [2.45, 2.75) is 26.9 Å². The molecule has 128 valence electrons. The fraction of sp³-hybridized carbons (Fsp3) is 0.333. The molecule has 0 saturated carbocycles. The second kappa shape index (κ2) is 5.92.